The summed E-state index contributed by atoms with van der Waals surface area (Å²) in [7, 11) is 3.46. The van der Waals surface area contributed by atoms with Crippen molar-refractivity contribution in [1.29, 1.82) is 0 Å². The largest absolute Gasteiger partial charge is 0.344 e. The summed E-state index contributed by atoms with van der Waals surface area (Å²) in [5.41, 5.74) is 6.46. The third kappa shape index (κ3) is 2.10. The minimum absolute atomic E-state index is 0.00750. The third-order valence-corrected chi connectivity index (χ3v) is 3.15. The Balaban J connectivity index is 3.04. The van der Waals surface area contributed by atoms with Crippen LogP contribution >= 0.6 is 11.3 Å². The first kappa shape index (κ1) is 11.1. The number of rotatable bonds is 2. The minimum Gasteiger partial charge on any atom is -0.344 e. The van der Waals surface area contributed by atoms with Crippen molar-refractivity contribution in [3.8, 4) is 0 Å². The van der Waals surface area contributed by atoms with Crippen molar-refractivity contribution in [1.82, 2.24) is 9.88 Å². The number of thiazole rings is 1. The standard InChI is InChI=1S/C9H15N3OS/c1-5(10)8-11-6(2)7(14-8)9(13)12(3)4/h5H,10H2,1-4H3. The van der Waals surface area contributed by atoms with Crippen molar-refractivity contribution in [3.05, 3.63) is 15.6 Å². The van der Waals surface area contributed by atoms with Crippen LogP contribution in [0.3, 0.4) is 0 Å². The Labute approximate surface area is 87.7 Å². The van der Waals surface area contributed by atoms with Crippen LogP contribution in [-0.4, -0.2) is 29.9 Å². The van der Waals surface area contributed by atoms with Gasteiger partial charge in [0.25, 0.3) is 5.91 Å². The predicted octanol–water partition coefficient (Wildman–Crippen LogP) is 1.17. The molecule has 0 bridgehead atoms. The highest BCUT2D eigenvalue weighted by molar-refractivity contribution is 7.13. The summed E-state index contributed by atoms with van der Waals surface area (Å²) in [6, 6.07) is -0.109. The molecule has 0 saturated carbocycles. The second kappa shape index (κ2) is 4.06. The Hall–Kier alpha value is -0.940. The first-order valence-corrected chi connectivity index (χ1v) is 5.19. The molecule has 78 valence electrons. The van der Waals surface area contributed by atoms with E-state index >= 15 is 0 Å². The van der Waals surface area contributed by atoms with Gasteiger partial charge in [-0.25, -0.2) is 4.98 Å². The molecule has 1 aromatic heterocycles. The van der Waals surface area contributed by atoms with Gasteiger partial charge in [0.05, 0.1) is 11.7 Å². The van der Waals surface area contributed by atoms with Gasteiger partial charge < -0.3 is 10.6 Å². The maximum atomic E-state index is 11.7. The highest BCUT2D eigenvalue weighted by Gasteiger charge is 2.17. The molecule has 0 spiro atoms. The van der Waals surface area contributed by atoms with Crippen molar-refractivity contribution in [2.75, 3.05) is 14.1 Å². The molecule has 0 aromatic carbocycles. The van der Waals surface area contributed by atoms with Crippen LogP contribution in [-0.2, 0) is 0 Å². The average Bonchev–Trinajstić information content (AvgIpc) is 2.46. The van der Waals surface area contributed by atoms with Crippen LogP contribution < -0.4 is 5.73 Å². The van der Waals surface area contributed by atoms with Crippen LogP contribution in [0.4, 0.5) is 0 Å². The zero-order chi connectivity index (χ0) is 10.9. The van der Waals surface area contributed by atoms with Gasteiger partial charge in [-0.3, -0.25) is 4.79 Å². The van der Waals surface area contributed by atoms with E-state index in [2.05, 4.69) is 4.98 Å². The Morgan fingerprint density at radius 2 is 2.14 bits per heavy atom. The van der Waals surface area contributed by atoms with Gasteiger partial charge in [0.2, 0.25) is 0 Å². The van der Waals surface area contributed by atoms with E-state index in [0.717, 1.165) is 10.7 Å². The molecule has 0 aliphatic carbocycles. The second-order valence-electron chi connectivity index (χ2n) is 3.45. The van der Waals surface area contributed by atoms with Crippen molar-refractivity contribution >= 4 is 17.2 Å². The van der Waals surface area contributed by atoms with Gasteiger partial charge in [0, 0.05) is 14.1 Å². The van der Waals surface area contributed by atoms with E-state index in [-0.39, 0.29) is 11.9 Å². The molecule has 5 heteroatoms. The molecule has 4 nitrogen and oxygen atoms in total. The van der Waals surface area contributed by atoms with Crippen LogP contribution in [0.15, 0.2) is 0 Å². The van der Waals surface area contributed by atoms with Gasteiger partial charge in [-0.05, 0) is 13.8 Å². The number of aryl methyl sites for hydroxylation is 1. The topological polar surface area (TPSA) is 59.2 Å². The van der Waals surface area contributed by atoms with Crippen LogP contribution in [0.25, 0.3) is 0 Å². The molecular weight excluding hydrogens is 198 g/mol. The van der Waals surface area contributed by atoms with Gasteiger partial charge in [0.15, 0.2) is 0 Å². The van der Waals surface area contributed by atoms with Crippen LogP contribution in [0, 0.1) is 6.92 Å². The molecule has 2 N–H and O–H groups in total. The Morgan fingerprint density at radius 1 is 1.57 bits per heavy atom. The lowest BCUT2D eigenvalue weighted by Crippen LogP contribution is -2.21. The van der Waals surface area contributed by atoms with Crippen molar-refractivity contribution in [2.45, 2.75) is 19.9 Å². The van der Waals surface area contributed by atoms with E-state index < -0.39 is 0 Å². The molecule has 1 amide bonds. The molecule has 1 atom stereocenters. The lowest BCUT2D eigenvalue weighted by Gasteiger charge is -2.07. The highest BCUT2D eigenvalue weighted by atomic mass is 32.1. The summed E-state index contributed by atoms with van der Waals surface area (Å²) in [6.07, 6.45) is 0. The number of carbonyl (C=O) groups is 1. The quantitative estimate of drug-likeness (QED) is 0.802. The predicted molar refractivity (Wildman–Crippen MR) is 57.5 cm³/mol. The molecule has 0 fully saturated rings. The van der Waals surface area contributed by atoms with Crippen molar-refractivity contribution in [2.24, 2.45) is 5.73 Å². The van der Waals surface area contributed by atoms with Gasteiger partial charge in [-0.1, -0.05) is 0 Å². The number of hydrogen-bond acceptors (Lipinski definition) is 4. The summed E-state index contributed by atoms with van der Waals surface area (Å²) in [6.45, 7) is 3.70. The number of hydrogen-bond donors (Lipinski definition) is 1. The van der Waals surface area contributed by atoms with Crippen LogP contribution in [0.5, 0.6) is 0 Å². The van der Waals surface area contributed by atoms with E-state index in [0.29, 0.717) is 4.88 Å². The van der Waals surface area contributed by atoms with Gasteiger partial charge in [0.1, 0.15) is 9.88 Å². The Bertz CT molecular complexity index is 344. The monoisotopic (exact) mass is 213 g/mol. The molecule has 1 unspecified atom stereocenters. The van der Waals surface area contributed by atoms with E-state index in [1.807, 2.05) is 13.8 Å². The number of aromatic nitrogens is 1. The van der Waals surface area contributed by atoms with Gasteiger partial charge in [-0.2, -0.15) is 0 Å². The molecule has 14 heavy (non-hydrogen) atoms. The Kier molecular flexibility index (Phi) is 3.23. The number of carbonyl (C=O) groups excluding carboxylic acids is 1. The number of nitrogens with two attached hydrogens (primary N) is 1. The maximum absolute atomic E-state index is 11.7. The SMILES string of the molecule is Cc1nc(C(C)N)sc1C(=O)N(C)C. The average molecular weight is 213 g/mol. The molecule has 1 rings (SSSR count). The van der Waals surface area contributed by atoms with Gasteiger partial charge >= 0.3 is 0 Å². The van der Waals surface area contributed by atoms with Crippen LogP contribution in [0.2, 0.25) is 0 Å². The zero-order valence-electron chi connectivity index (χ0n) is 8.87. The fourth-order valence-electron chi connectivity index (χ4n) is 1.01. The summed E-state index contributed by atoms with van der Waals surface area (Å²) in [5, 5.41) is 0.813. The number of nitrogens with zero attached hydrogens (tertiary/aromatic N) is 2. The second-order valence-corrected chi connectivity index (χ2v) is 4.49. The van der Waals surface area contributed by atoms with E-state index in [9.17, 15) is 4.79 Å². The summed E-state index contributed by atoms with van der Waals surface area (Å²) in [5.74, 6) is -0.00750. The zero-order valence-corrected chi connectivity index (χ0v) is 9.68. The summed E-state index contributed by atoms with van der Waals surface area (Å²) >= 11 is 1.38. The maximum Gasteiger partial charge on any atom is 0.265 e. The molecule has 1 heterocycles. The van der Waals surface area contributed by atoms with Crippen LogP contribution in [0.1, 0.15) is 33.3 Å². The lowest BCUT2D eigenvalue weighted by atomic mass is 10.3. The fourth-order valence-corrected chi connectivity index (χ4v) is 2.05. The molecule has 0 saturated heterocycles. The fraction of sp³-hybridized carbons (Fsp3) is 0.556. The number of amides is 1. The summed E-state index contributed by atoms with van der Waals surface area (Å²) in [4.78, 5) is 18.1. The van der Waals surface area contributed by atoms with E-state index in [4.69, 9.17) is 5.73 Å². The normalized spacial score (nSPS) is 12.6. The smallest absolute Gasteiger partial charge is 0.265 e. The third-order valence-electron chi connectivity index (χ3n) is 1.80. The summed E-state index contributed by atoms with van der Waals surface area (Å²) < 4.78 is 0. The molecule has 0 radical (unpaired) electrons. The Morgan fingerprint density at radius 3 is 2.50 bits per heavy atom. The molecule has 1 aromatic rings. The minimum atomic E-state index is -0.109. The first-order chi connectivity index (χ1) is 6.43. The van der Waals surface area contributed by atoms with Crippen molar-refractivity contribution in [3.63, 3.8) is 0 Å². The van der Waals surface area contributed by atoms with E-state index in [1.165, 1.54) is 11.3 Å². The first-order valence-electron chi connectivity index (χ1n) is 4.38. The van der Waals surface area contributed by atoms with Gasteiger partial charge in [-0.15, -0.1) is 11.3 Å². The highest BCUT2D eigenvalue weighted by Crippen LogP contribution is 2.22. The molecular formula is C9H15N3OS. The molecule has 0 aliphatic rings. The van der Waals surface area contributed by atoms with Crippen molar-refractivity contribution < 1.29 is 4.79 Å². The lowest BCUT2D eigenvalue weighted by molar-refractivity contribution is 0.0831. The molecule has 0 aliphatic heterocycles. The van der Waals surface area contributed by atoms with E-state index in [1.54, 1.807) is 19.0 Å².